The maximum absolute atomic E-state index is 14.1. The molecule has 32 heavy (non-hydrogen) atoms. The van der Waals surface area contributed by atoms with E-state index in [1.807, 2.05) is 0 Å². The quantitative estimate of drug-likeness (QED) is 0.484. The van der Waals surface area contributed by atoms with E-state index >= 15 is 0 Å². The maximum Gasteiger partial charge on any atom is 0.259 e. The first-order valence-corrected chi connectivity index (χ1v) is 8.94. The molecule has 3 aromatic carbocycles. The summed E-state index contributed by atoms with van der Waals surface area (Å²) < 4.78 is 33.2. The lowest BCUT2D eigenvalue weighted by atomic mass is 10.1. The van der Waals surface area contributed by atoms with Crippen LogP contribution in [0.3, 0.4) is 0 Å². The van der Waals surface area contributed by atoms with Crippen LogP contribution in [-0.4, -0.2) is 18.9 Å². The molecule has 3 rings (SSSR count). The zero-order valence-corrected chi connectivity index (χ0v) is 16.4. The molecule has 0 aliphatic carbocycles. The minimum absolute atomic E-state index is 0.0390. The minimum atomic E-state index is -0.896. The summed E-state index contributed by atoms with van der Waals surface area (Å²) in [5.74, 6) is -3.48. The van der Waals surface area contributed by atoms with Gasteiger partial charge in [0, 0.05) is 5.56 Å². The molecule has 0 spiro atoms. The normalized spacial score (nSPS) is 10.2. The van der Waals surface area contributed by atoms with E-state index in [9.17, 15) is 28.2 Å². The zero-order valence-electron chi connectivity index (χ0n) is 16.4. The highest BCUT2D eigenvalue weighted by molar-refractivity contribution is 6.11. The average molecular weight is 440 g/mol. The topological polar surface area (TPSA) is 126 Å². The van der Waals surface area contributed by atoms with E-state index in [-0.39, 0.29) is 28.3 Å². The fourth-order valence-electron chi connectivity index (χ4n) is 2.82. The van der Waals surface area contributed by atoms with E-state index in [0.29, 0.717) is 0 Å². The summed E-state index contributed by atoms with van der Waals surface area (Å²) in [5.41, 5.74) is -1.81. The molecule has 0 heterocycles. The largest absolute Gasteiger partial charge is 0.496 e. The van der Waals surface area contributed by atoms with E-state index in [1.54, 1.807) is 0 Å². The lowest BCUT2D eigenvalue weighted by molar-refractivity contribution is 0.102. The number of hydrogen-bond donors (Lipinski definition) is 2. The third kappa shape index (κ3) is 4.46. The number of halogens is 2. The van der Waals surface area contributed by atoms with Crippen molar-refractivity contribution >= 4 is 34.6 Å². The number of hydrogen-bond acceptors (Lipinski definition) is 7. The summed E-state index contributed by atoms with van der Waals surface area (Å²) in [7, 11) is 1.27. The van der Waals surface area contributed by atoms with E-state index in [4.69, 9.17) is 4.74 Å². The number of carbonyl (C=O) groups is 2. The Labute approximate surface area is 179 Å². The Morgan fingerprint density at radius 3 is 1.84 bits per heavy atom. The molecule has 3 aromatic rings. The Balaban J connectivity index is 1.94. The fraction of sp³-hybridized carbons (Fsp3) is 0.0476. The van der Waals surface area contributed by atoms with Gasteiger partial charge in [0.1, 0.15) is 40.1 Å². The summed E-state index contributed by atoms with van der Waals surface area (Å²) in [5, 5.41) is 9.79. The molecule has 2 amide bonds. The summed E-state index contributed by atoms with van der Waals surface area (Å²) >= 11 is 0. The second-order valence-electron chi connectivity index (χ2n) is 6.27. The van der Waals surface area contributed by atoms with Gasteiger partial charge in [0.05, 0.1) is 12.7 Å². The number of rotatable bonds is 7. The average Bonchev–Trinajstić information content (AvgIpc) is 2.80. The van der Waals surface area contributed by atoms with E-state index in [0.717, 1.165) is 18.2 Å². The fourth-order valence-corrected chi connectivity index (χ4v) is 2.82. The van der Waals surface area contributed by atoms with E-state index in [1.165, 1.54) is 43.5 Å². The summed E-state index contributed by atoms with van der Waals surface area (Å²) in [6.45, 7) is 0. The molecule has 0 radical (unpaired) electrons. The van der Waals surface area contributed by atoms with Gasteiger partial charge in [0.15, 0.2) is 0 Å². The van der Waals surface area contributed by atoms with Crippen molar-refractivity contribution in [2.45, 2.75) is 0 Å². The third-order valence-electron chi connectivity index (χ3n) is 4.36. The van der Waals surface area contributed by atoms with Crippen LogP contribution >= 0.6 is 0 Å². The SMILES string of the molecule is COc1ccc(C(=O)Nc2c(F)cccc2N=O)cc1C(=O)Nc1c(F)cccc1N=O. The number of carbonyl (C=O) groups excluding carboxylic acids is 2. The first-order chi connectivity index (χ1) is 15.4. The van der Waals surface area contributed by atoms with Crippen LogP contribution in [0.4, 0.5) is 31.5 Å². The highest BCUT2D eigenvalue weighted by atomic mass is 19.1. The molecule has 0 bridgehead atoms. The number of benzene rings is 3. The van der Waals surface area contributed by atoms with Crippen LogP contribution in [0, 0.1) is 21.4 Å². The standard InChI is InChI=1S/C21H14F2N4O5/c1-32-17-9-8-11(20(28)24-18-13(22)4-2-6-15(18)26-30)10-12(17)21(29)25-19-14(23)5-3-7-16(19)27-31/h2-10H,1H3,(H,24,28)(H,25,29). The molecule has 0 saturated carbocycles. The molecule has 2 N–H and O–H groups in total. The molecule has 0 unspecified atom stereocenters. The van der Waals surface area contributed by atoms with Crippen LogP contribution in [-0.2, 0) is 0 Å². The third-order valence-corrected chi connectivity index (χ3v) is 4.36. The lowest BCUT2D eigenvalue weighted by Crippen LogP contribution is -2.17. The number of amides is 2. The Hall–Kier alpha value is -4.54. The number of nitrogens with zero attached hydrogens (tertiary/aromatic N) is 2. The molecule has 0 atom stereocenters. The molecule has 0 aromatic heterocycles. The second-order valence-corrected chi connectivity index (χ2v) is 6.27. The minimum Gasteiger partial charge on any atom is -0.496 e. The highest BCUT2D eigenvalue weighted by Gasteiger charge is 2.20. The van der Waals surface area contributed by atoms with Crippen molar-refractivity contribution < 1.29 is 23.1 Å². The van der Waals surface area contributed by atoms with Crippen molar-refractivity contribution in [3.63, 3.8) is 0 Å². The van der Waals surface area contributed by atoms with Gasteiger partial charge in [-0.2, -0.15) is 0 Å². The van der Waals surface area contributed by atoms with E-state index < -0.39 is 34.8 Å². The van der Waals surface area contributed by atoms with Crippen LogP contribution in [0.5, 0.6) is 5.75 Å². The van der Waals surface area contributed by atoms with Crippen LogP contribution in [0.15, 0.2) is 65.0 Å². The summed E-state index contributed by atoms with van der Waals surface area (Å²) in [4.78, 5) is 47.2. The van der Waals surface area contributed by atoms with Crippen molar-refractivity contribution in [2.75, 3.05) is 17.7 Å². The second kappa shape index (κ2) is 9.51. The molecule has 162 valence electrons. The molecular weight excluding hydrogens is 426 g/mol. The van der Waals surface area contributed by atoms with Crippen molar-refractivity contribution in [3.8, 4) is 5.75 Å². The van der Waals surface area contributed by atoms with Gasteiger partial charge in [-0.05, 0) is 52.8 Å². The number of nitroso groups, excluding NO2 is 2. The molecule has 0 aliphatic rings. The van der Waals surface area contributed by atoms with Gasteiger partial charge < -0.3 is 15.4 Å². The van der Waals surface area contributed by atoms with Gasteiger partial charge >= 0.3 is 0 Å². The van der Waals surface area contributed by atoms with E-state index in [2.05, 4.69) is 21.0 Å². The number of nitrogens with one attached hydrogen (secondary N) is 2. The van der Waals surface area contributed by atoms with Gasteiger partial charge in [-0.3, -0.25) is 9.59 Å². The van der Waals surface area contributed by atoms with Crippen molar-refractivity contribution in [1.82, 2.24) is 0 Å². The maximum atomic E-state index is 14.1. The van der Waals surface area contributed by atoms with Gasteiger partial charge in [-0.15, -0.1) is 9.81 Å². The Kier molecular flexibility index (Phi) is 6.59. The summed E-state index contributed by atoms with van der Waals surface area (Å²) in [6.07, 6.45) is 0. The smallest absolute Gasteiger partial charge is 0.259 e. The monoisotopic (exact) mass is 440 g/mol. The Bertz CT molecular complexity index is 1230. The van der Waals surface area contributed by atoms with Crippen LogP contribution in [0.25, 0.3) is 0 Å². The van der Waals surface area contributed by atoms with Crippen molar-refractivity contribution in [1.29, 1.82) is 0 Å². The first kappa shape index (κ1) is 22.2. The highest BCUT2D eigenvalue weighted by Crippen LogP contribution is 2.31. The summed E-state index contributed by atoms with van der Waals surface area (Å²) in [6, 6.07) is 10.7. The van der Waals surface area contributed by atoms with Gasteiger partial charge in [0.25, 0.3) is 11.8 Å². The number of methoxy groups -OCH3 is 1. The number of anilines is 2. The Morgan fingerprint density at radius 2 is 1.34 bits per heavy atom. The molecular formula is C21H14F2N4O5. The molecule has 0 fully saturated rings. The van der Waals surface area contributed by atoms with Gasteiger partial charge in [-0.25, -0.2) is 8.78 Å². The molecule has 11 heteroatoms. The molecule has 0 saturated heterocycles. The zero-order chi connectivity index (χ0) is 23.3. The predicted octanol–water partition coefficient (Wildman–Crippen LogP) is 5.27. The van der Waals surface area contributed by atoms with Crippen LogP contribution in [0.2, 0.25) is 0 Å². The predicted molar refractivity (Wildman–Crippen MR) is 113 cm³/mol. The molecule has 9 nitrogen and oxygen atoms in total. The Morgan fingerprint density at radius 1 is 0.812 bits per heavy atom. The number of para-hydroxylation sites is 2. The van der Waals surface area contributed by atoms with Crippen molar-refractivity contribution in [3.05, 3.63) is 87.2 Å². The van der Waals surface area contributed by atoms with Crippen molar-refractivity contribution in [2.24, 2.45) is 10.4 Å². The first-order valence-electron chi connectivity index (χ1n) is 8.94. The van der Waals surface area contributed by atoms with Gasteiger partial charge in [-0.1, -0.05) is 12.1 Å². The number of ether oxygens (including phenoxy) is 1. The molecule has 0 aliphatic heterocycles. The van der Waals surface area contributed by atoms with Crippen LogP contribution < -0.4 is 15.4 Å². The lowest BCUT2D eigenvalue weighted by Gasteiger charge is -2.13. The van der Waals surface area contributed by atoms with Crippen LogP contribution in [0.1, 0.15) is 20.7 Å². The van der Waals surface area contributed by atoms with Gasteiger partial charge in [0.2, 0.25) is 0 Å².